The molecule has 0 unspecified atom stereocenters. The number of pyridine rings is 1. The van der Waals surface area contributed by atoms with Crippen LogP contribution in [-0.2, 0) is 10.1 Å². The predicted molar refractivity (Wildman–Crippen MR) is 48.3 cm³/mol. The van der Waals surface area contributed by atoms with Gasteiger partial charge in [-0.25, -0.2) is 4.98 Å². The summed E-state index contributed by atoms with van der Waals surface area (Å²) in [5, 5.41) is 2.76. The van der Waals surface area contributed by atoms with E-state index in [1.807, 2.05) is 0 Å². The van der Waals surface area contributed by atoms with Gasteiger partial charge in [0, 0.05) is 7.05 Å². The molecule has 0 saturated heterocycles. The quantitative estimate of drug-likeness (QED) is 0.689. The molecule has 0 bridgehead atoms. The zero-order chi connectivity index (χ0) is 10.1. The average Bonchev–Trinajstić information content (AvgIpc) is 2.01. The maximum absolute atomic E-state index is 10.7. The molecule has 72 valence electrons. The van der Waals surface area contributed by atoms with Gasteiger partial charge in [0.05, 0.1) is 5.69 Å². The van der Waals surface area contributed by atoms with Crippen LogP contribution < -0.4 is 5.32 Å². The normalized spacial score (nSPS) is 11.3. The molecule has 0 aromatic carbocycles. The van der Waals surface area contributed by atoms with Crippen LogP contribution in [0.1, 0.15) is 5.69 Å². The van der Waals surface area contributed by atoms with Crippen LogP contribution in [0.25, 0.3) is 0 Å². The van der Waals surface area contributed by atoms with E-state index >= 15 is 0 Å². The van der Waals surface area contributed by atoms with Crippen LogP contribution in [0, 0.1) is 6.92 Å². The maximum Gasteiger partial charge on any atom is 0.296 e. The van der Waals surface area contributed by atoms with Crippen molar-refractivity contribution in [2.75, 3.05) is 12.4 Å². The van der Waals surface area contributed by atoms with E-state index in [1.54, 1.807) is 7.05 Å². The van der Waals surface area contributed by atoms with Crippen LogP contribution in [0.15, 0.2) is 17.0 Å². The SMILES string of the molecule is CNc1ccc(S(=O)(=O)O)c(C)n1. The molecule has 0 fully saturated rings. The van der Waals surface area contributed by atoms with Gasteiger partial charge in [-0.05, 0) is 19.1 Å². The molecule has 5 nitrogen and oxygen atoms in total. The summed E-state index contributed by atoms with van der Waals surface area (Å²) in [5.74, 6) is 0.560. The van der Waals surface area contributed by atoms with Gasteiger partial charge in [-0.1, -0.05) is 0 Å². The summed E-state index contributed by atoms with van der Waals surface area (Å²) in [6.45, 7) is 1.52. The number of hydrogen-bond acceptors (Lipinski definition) is 4. The van der Waals surface area contributed by atoms with Gasteiger partial charge < -0.3 is 5.32 Å². The molecular formula is C7H10N2O3S. The summed E-state index contributed by atoms with van der Waals surface area (Å²) in [6.07, 6.45) is 0. The lowest BCUT2D eigenvalue weighted by Gasteiger charge is -2.03. The fourth-order valence-corrected chi connectivity index (χ4v) is 1.62. The third-order valence-corrected chi connectivity index (χ3v) is 2.56. The van der Waals surface area contributed by atoms with Crippen molar-refractivity contribution < 1.29 is 13.0 Å². The zero-order valence-electron chi connectivity index (χ0n) is 7.27. The maximum atomic E-state index is 10.7. The van der Waals surface area contributed by atoms with Gasteiger partial charge in [-0.15, -0.1) is 0 Å². The second-order valence-corrected chi connectivity index (χ2v) is 3.90. The number of nitrogens with zero attached hydrogens (tertiary/aromatic N) is 1. The molecular weight excluding hydrogens is 192 g/mol. The summed E-state index contributed by atoms with van der Waals surface area (Å²) in [4.78, 5) is 3.75. The molecule has 1 aromatic heterocycles. The van der Waals surface area contributed by atoms with Crippen LogP contribution in [-0.4, -0.2) is 25.0 Å². The van der Waals surface area contributed by atoms with Gasteiger partial charge in [0.2, 0.25) is 0 Å². The highest BCUT2D eigenvalue weighted by Crippen LogP contribution is 2.14. The van der Waals surface area contributed by atoms with E-state index < -0.39 is 10.1 Å². The van der Waals surface area contributed by atoms with E-state index in [-0.39, 0.29) is 10.6 Å². The molecule has 0 radical (unpaired) electrons. The van der Waals surface area contributed by atoms with E-state index in [0.29, 0.717) is 5.82 Å². The molecule has 0 aliphatic rings. The van der Waals surface area contributed by atoms with Crippen molar-refractivity contribution in [1.29, 1.82) is 0 Å². The van der Waals surface area contributed by atoms with Crippen LogP contribution in [0.2, 0.25) is 0 Å². The molecule has 0 amide bonds. The second kappa shape index (κ2) is 3.31. The minimum absolute atomic E-state index is 0.161. The second-order valence-electron chi connectivity index (χ2n) is 2.51. The third kappa shape index (κ3) is 2.16. The third-order valence-electron chi connectivity index (χ3n) is 1.57. The van der Waals surface area contributed by atoms with Crippen molar-refractivity contribution in [3.63, 3.8) is 0 Å². The highest BCUT2D eigenvalue weighted by atomic mass is 32.2. The van der Waals surface area contributed by atoms with E-state index in [2.05, 4.69) is 10.3 Å². The first-order valence-electron chi connectivity index (χ1n) is 3.58. The number of hydrogen-bond donors (Lipinski definition) is 2. The molecule has 0 aliphatic heterocycles. The lowest BCUT2D eigenvalue weighted by molar-refractivity contribution is 0.482. The Morgan fingerprint density at radius 1 is 1.46 bits per heavy atom. The Balaban J connectivity index is 3.29. The number of anilines is 1. The van der Waals surface area contributed by atoms with Gasteiger partial charge in [-0.3, -0.25) is 4.55 Å². The molecule has 1 heterocycles. The largest absolute Gasteiger partial charge is 0.373 e. The Morgan fingerprint density at radius 2 is 2.08 bits per heavy atom. The molecule has 6 heteroatoms. The fourth-order valence-electron chi connectivity index (χ4n) is 0.960. The molecule has 2 N–H and O–H groups in total. The van der Waals surface area contributed by atoms with Crippen molar-refractivity contribution in [3.8, 4) is 0 Å². The van der Waals surface area contributed by atoms with Gasteiger partial charge >= 0.3 is 0 Å². The smallest absolute Gasteiger partial charge is 0.296 e. The topological polar surface area (TPSA) is 79.3 Å². The van der Waals surface area contributed by atoms with Gasteiger partial charge in [-0.2, -0.15) is 8.42 Å². The van der Waals surface area contributed by atoms with Crippen molar-refractivity contribution >= 4 is 15.9 Å². The van der Waals surface area contributed by atoms with Gasteiger partial charge in [0.1, 0.15) is 10.7 Å². The number of aryl methyl sites for hydroxylation is 1. The van der Waals surface area contributed by atoms with E-state index in [0.717, 1.165) is 0 Å². The summed E-state index contributed by atoms with van der Waals surface area (Å²) in [5.41, 5.74) is 0.273. The average molecular weight is 202 g/mol. The van der Waals surface area contributed by atoms with Crippen LogP contribution in [0.5, 0.6) is 0 Å². The summed E-state index contributed by atoms with van der Waals surface area (Å²) in [6, 6.07) is 2.79. The lowest BCUT2D eigenvalue weighted by atomic mass is 10.4. The minimum atomic E-state index is -4.15. The zero-order valence-corrected chi connectivity index (χ0v) is 8.09. The highest BCUT2D eigenvalue weighted by Gasteiger charge is 2.13. The summed E-state index contributed by atoms with van der Waals surface area (Å²) in [7, 11) is -2.47. The Bertz CT molecular complexity index is 414. The van der Waals surface area contributed by atoms with Crippen molar-refractivity contribution in [1.82, 2.24) is 4.98 Å². The predicted octanol–water partition coefficient (Wildman–Crippen LogP) is 0.678. The fraction of sp³-hybridized carbons (Fsp3) is 0.286. The molecule has 1 aromatic rings. The molecule has 0 spiro atoms. The van der Waals surface area contributed by atoms with Crippen molar-refractivity contribution in [3.05, 3.63) is 17.8 Å². The van der Waals surface area contributed by atoms with Crippen molar-refractivity contribution in [2.45, 2.75) is 11.8 Å². The first kappa shape index (κ1) is 9.94. The Labute approximate surface area is 76.6 Å². The molecule has 0 saturated carbocycles. The summed E-state index contributed by atoms with van der Waals surface area (Å²) >= 11 is 0. The minimum Gasteiger partial charge on any atom is -0.373 e. The number of aromatic nitrogens is 1. The van der Waals surface area contributed by atoms with E-state index in [1.165, 1.54) is 19.1 Å². The van der Waals surface area contributed by atoms with Crippen LogP contribution in [0.3, 0.4) is 0 Å². The molecule has 0 atom stereocenters. The molecule has 0 aliphatic carbocycles. The Morgan fingerprint density at radius 3 is 2.46 bits per heavy atom. The van der Waals surface area contributed by atoms with Crippen molar-refractivity contribution in [2.24, 2.45) is 0 Å². The first-order chi connectivity index (χ1) is 5.95. The van der Waals surface area contributed by atoms with Gasteiger partial charge in [0.15, 0.2) is 0 Å². The summed E-state index contributed by atoms with van der Waals surface area (Å²) < 4.78 is 30.2. The standard InChI is InChI=1S/C7H10N2O3S/c1-5-6(13(10,11)12)3-4-7(8-2)9-5/h3-4H,1-2H3,(H,8,9)(H,10,11,12). The molecule has 13 heavy (non-hydrogen) atoms. The van der Waals surface area contributed by atoms with E-state index in [4.69, 9.17) is 4.55 Å². The Kier molecular flexibility index (Phi) is 2.53. The van der Waals surface area contributed by atoms with Crippen LogP contribution >= 0.6 is 0 Å². The molecule has 1 rings (SSSR count). The lowest BCUT2D eigenvalue weighted by Crippen LogP contribution is -2.04. The number of rotatable bonds is 2. The number of nitrogens with one attached hydrogen (secondary N) is 1. The van der Waals surface area contributed by atoms with Gasteiger partial charge in [0.25, 0.3) is 10.1 Å². The highest BCUT2D eigenvalue weighted by molar-refractivity contribution is 7.85. The monoisotopic (exact) mass is 202 g/mol. The van der Waals surface area contributed by atoms with Crippen LogP contribution in [0.4, 0.5) is 5.82 Å². The first-order valence-corrected chi connectivity index (χ1v) is 5.02. The van der Waals surface area contributed by atoms with E-state index in [9.17, 15) is 8.42 Å². The Hall–Kier alpha value is -1.14.